The van der Waals surface area contributed by atoms with Gasteiger partial charge in [0.2, 0.25) is 0 Å². The van der Waals surface area contributed by atoms with E-state index in [9.17, 15) is 4.79 Å². The molecule has 0 aromatic heterocycles. The minimum absolute atomic E-state index is 0.142. The van der Waals surface area contributed by atoms with Crippen LogP contribution >= 0.6 is 0 Å². The fourth-order valence-corrected chi connectivity index (χ4v) is 3.35. The number of carbonyl (C=O) groups excluding carboxylic acids is 1. The zero-order valence-electron chi connectivity index (χ0n) is 14.4. The molecule has 2 aromatic rings. The van der Waals surface area contributed by atoms with Crippen LogP contribution in [0.15, 0.2) is 36.4 Å². The molecular formula is C20H21NO4. The molecule has 1 amide bonds. The highest BCUT2D eigenvalue weighted by molar-refractivity contribution is 5.96. The number of anilines is 1. The molecule has 130 valence electrons. The van der Waals surface area contributed by atoms with Gasteiger partial charge >= 0.3 is 0 Å². The van der Waals surface area contributed by atoms with Crippen LogP contribution in [0.1, 0.15) is 25.0 Å². The van der Waals surface area contributed by atoms with Crippen LogP contribution in [0.4, 0.5) is 5.69 Å². The van der Waals surface area contributed by atoms with Crippen LogP contribution in [0.25, 0.3) is 0 Å². The summed E-state index contributed by atoms with van der Waals surface area (Å²) < 4.78 is 17.3. The SMILES string of the molecule is CCOc1cc2c(cc1NC(=O)[C@H]1Cc3ccccc3O1)O[C@H](C)C2. The molecule has 0 spiro atoms. The molecule has 0 fully saturated rings. The van der Waals surface area contributed by atoms with E-state index in [0.717, 1.165) is 29.0 Å². The molecule has 0 radical (unpaired) electrons. The number of ether oxygens (including phenoxy) is 3. The summed E-state index contributed by atoms with van der Waals surface area (Å²) in [7, 11) is 0. The van der Waals surface area contributed by atoms with E-state index < -0.39 is 6.10 Å². The van der Waals surface area contributed by atoms with E-state index in [1.165, 1.54) is 0 Å². The minimum atomic E-state index is -0.528. The number of carbonyl (C=O) groups is 1. The molecular weight excluding hydrogens is 318 g/mol. The van der Waals surface area contributed by atoms with Gasteiger partial charge in [-0.15, -0.1) is 0 Å². The molecule has 0 saturated carbocycles. The summed E-state index contributed by atoms with van der Waals surface area (Å²) in [5.74, 6) is 2.08. The molecule has 2 aliphatic rings. The monoisotopic (exact) mass is 339 g/mol. The highest BCUT2D eigenvalue weighted by Gasteiger charge is 2.30. The largest absolute Gasteiger partial charge is 0.492 e. The van der Waals surface area contributed by atoms with Gasteiger partial charge in [0.05, 0.1) is 12.3 Å². The zero-order chi connectivity index (χ0) is 17.4. The predicted molar refractivity (Wildman–Crippen MR) is 94.6 cm³/mol. The summed E-state index contributed by atoms with van der Waals surface area (Å²) >= 11 is 0. The molecule has 2 aliphatic heterocycles. The van der Waals surface area contributed by atoms with Crippen LogP contribution in [-0.2, 0) is 17.6 Å². The lowest BCUT2D eigenvalue weighted by molar-refractivity contribution is -0.122. The van der Waals surface area contributed by atoms with Gasteiger partial charge in [0.1, 0.15) is 23.4 Å². The molecule has 25 heavy (non-hydrogen) atoms. The molecule has 0 unspecified atom stereocenters. The molecule has 1 N–H and O–H groups in total. The van der Waals surface area contributed by atoms with E-state index >= 15 is 0 Å². The van der Waals surface area contributed by atoms with E-state index in [0.29, 0.717) is 24.5 Å². The molecule has 2 heterocycles. The van der Waals surface area contributed by atoms with Gasteiger partial charge in [0.15, 0.2) is 6.10 Å². The van der Waals surface area contributed by atoms with Gasteiger partial charge in [-0.1, -0.05) is 18.2 Å². The lowest BCUT2D eigenvalue weighted by Crippen LogP contribution is -2.31. The lowest BCUT2D eigenvalue weighted by Gasteiger charge is -2.16. The Hall–Kier alpha value is -2.69. The summed E-state index contributed by atoms with van der Waals surface area (Å²) in [6.07, 6.45) is 1.04. The fourth-order valence-electron chi connectivity index (χ4n) is 3.35. The van der Waals surface area contributed by atoms with Crippen molar-refractivity contribution in [3.63, 3.8) is 0 Å². The number of hydrogen-bond donors (Lipinski definition) is 1. The smallest absolute Gasteiger partial charge is 0.265 e. The van der Waals surface area contributed by atoms with Gasteiger partial charge in [-0.3, -0.25) is 4.79 Å². The van der Waals surface area contributed by atoms with Crippen LogP contribution in [0.3, 0.4) is 0 Å². The Morgan fingerprint density at radius 3 is 2.80 bits per heavy atom. The molecule has 0 bridgehead atoms. The number of amides is 1. The summed E-state index contributed by atoms with van der Waals surface area (Å²) in [6.45, 7) is 4.49. The van der Waals surface area contributed by atoms with E-state index in [1.807, 2.05) is 50.2 Å². The van der Waals surface area contributed by atoms with Crippen LogP contribution in [0.2, 0.25) is 0 Å². The second-order valence-electron chi connectivity index (χ2n) is 6.43. The summed E-state index contributed by atoms with van der Waals surface area (Å²) in [5, 5.41) is 2.95. The molecule has 2 atom stereocenters. The maximum atomic E-state index is 12.7. The average molecular weight is 339 g/mol. The average Bonchev–Trinajstić information content (AvgIpc) is 3.17. The highest BCUT2D eigenvalue weighted by Crippen LogP contribution is 2.38. The Kier molecular flexibility index (Phi) is 3.99. The van der Waals surface area contributed by atoms with Crippen LogP contribution in [0.5, 0.6) is 17.2 Å². The van der Waals surface area contributed by atoms with Crippen molar-refractivity contribution < 1.29 is 19.0 Å². The summed E-state index contributed by atoms with van der Waals surface area (Å²) in [5.41, 5.74) is 2.79. The third-order valence-corrected chi connectivity index (χ3v) is 4.50. The van der Waals surface area contributed by atoms with Crippen molar-refractivity contribution in [2.45, 2.75) is 38.9 Å². The number of fused-ring (bicyclic) bond motifs is 2. The Morgan fingerprint density at radius 1 is 1.16 bits per heavy atom. The van der Waals surface area contributed by atoms with Gasteiger partial charge in [-0.25, -0.2) is 0 Å². The third kappa shape index (κ3) is 3.02. The molecule has 2 aromatic carbocycles. The Morgan fingerprint density at radius 2 is 2.00 bits per heavy atom. The fraction of sp³-hybridized carbons (Fsp3) is 0.350. The van der Waals surface area contributed by atoms with E-state index in [4.69, 9.17) is 14.2 Å². The number of para-hydroxylation sites is 1. The van der Waals surface area contributed by atoms with E-state index in [1.54, 1.807) is 0 Å². The topological polar surface area (TPSA) is 56.8 Å². The first-order chi connectivity index (χ1) is 12.1. The van der Waals surface area contributed by atoms with E-state index in [2.05, 4.69) is 5.32 Å². The maximum Gasteiger partial charge on any atom is 0.265 e. The van der Waals surface area contributed by atoms with Crippen molar-refractivity contribution in [2.75, 3.05) is 11.9 Å². The minimum Gasteiger partial charge on any atom is -0.492 e. The van der Waals surface area contributed by atoms with Crippen molar-refractivity contribution in [3.8, 4) is 17.2 Å². The summed E-state index contributed by atoms with van der Waals surface area (Å²) in [6, 6.07) is 11.5. The normalized spacial score (nSPS) is 20.2. The standard InChI is InChI=1S/C20H21NO4/c1-3-23-18-10-14-8-12(2)24-17(14)11-15(18)21-20(22)19-9-13-6-4-5-7-16(13)25-19/h4-7,10-12,19H,3,8-9H2,1-2H3,(H,21,22)/t12-,19-/m1/s1. The van der Waals surface area contributed by atoms with Crippen molar-refractivity contribution in [2.24, 2.45) is 0 Å². The van der Waals surface area contributed by atoms with Gasteiger partial charge < -0.3 is 19.5 Å². The molecule has 0 aliphatic carbocycles. The quantitative estimate of drug-likeness (QED) is 0.928. The number of hydrogen-bond acceptors (Lipinski definition) is 4. The van der Waals surface area contributed by atoms with Gasteiger partial charge in [-0.2, -0.15) is 0 Å². The molecule has 5 heteroatoms. The first-order valence-electron chi connectivity index (χ1n) is 8.66. The van der Waals surface area contributed by atoms with Crippen LogP contribution < -0.4 is 19.5 Å². The highest BCUT2D eigenvalue weighted by atomic mass is 16.5. The van der Waals surface area contributed by atoms with Crippen molar-refractivity contribution in [1.29, 1.82) is 0 Å². The molecule has 0 saturated heterocycles. The van der Waals surface area contributed by atoms with Crippen LogP contribution in [0, 0.1) is 0 Å². The van der Waals surface area contributed by atoms with E-state index in [-0.39, 0.29) is 12.0 Å². The third-order valence-electron chi connectivity index (χ3n) is 4.50. The Balaban J connectivity index is 1.54. The Bertz CT molecular complexity index is 792. The molecule has 4 rings (SSSR count). The number of rotatable bonds is 4. The van der Waals surface area contributed by atoms with Crippen LogP contribution in [-0.4, -0.2) is 24.7 Å². The van der Waals surface area contributed by atoms with Crippen molar-refractivity contribution >= 4 is 11.6 Å². The molecule has 5 nitrogen and oxygen atoms in total. The lowest BCUT2D eigenvalue weighted by atomic mass is 10.1. The van der Waals surface area contributed by atoms with Gasteiger partial charge in [0.25, 0.3) is 5.91 Å². The maximum absolute atomic E-state index is 12.7. The van der Waals surface area contributed by atoms with Crippen molar-refractivity contribution in [1.82, 2.24) is 0 Å². The van der Waals surface area contributed by atoms with Crippen molar-refractivity contribution in [3.05, 3.63) is 47.5 Å². The second-order valence-corrected chi connectivity index (χ2v) is 6.43. The first-order valence-corrected chi connectivity index (χ1v) is 8.66. The Labute approximate surface area is 146 Å². The van der Waals surface area contributed by atoms with Gasteiger partial charge in [0, 0.05) is 24.5 Å². The first kappa shape index (κ1) is 15.8. The number of benzene rings is 2. The second kappa shape index (κ2) is 6.31. The number of nitrogens with one attached hydrogen (secondary N) is 1. The van der Waals surface area contributed by atoms with Gasteiger partial charge in [-0.05, 0) is 31.5 Å². The predicted octanol–water partition coefficient (Wildman–Crippen LogP) is 3.35. The zero-order valence-corrected chi connectivity index (χ0v) is 14.4. The summed E-state index contributed by atoms with van der Waals surface area (Å²) in [4.78, 5) is 12.7.